The normalized spacial score (nSPS) is 11.6. The lowest BCUT2D eigenvalue weighted by atomic mass is 10.0. The number of aliphatic carboxylic acids is 1. The minimum absolute atomic E-state index is 0.00835. The Morgan fingerprint density at radius 3 is 2.32 bits per heavy atom. The van der Waals surface area contributed by atoms with E-state index in [1.807, 2.05) is 36.4 Å². The second-order valence-corrected chi connectivity index (χ2v) is 8.03. The Morgan fingerprint density at radius 2 is 1.68 bits per heavy atom. The van der Waals surface area contributed by atoms with E-state index < -0.39 is 18.6 Å². The Labute approximate surface area is 204 Å². The first kappa shape index (κ1) is 24.7. The van der Waals surface area contributed by atoms with Gasteiger partial charge in [-0.2, -0.15) is 5.10 Å². The molecule has 0 saturated carbocycles. The molecule has 3 aromatic rings. The van der Waals surface area contributed by atoms with Gasteiger partial charge in [0.25, 0.3) is 5.91 Å². The van der Waals surface area contributed by atoms with Crippen LogP contribution in [0.3, 0.4) is 0 Å². The number of ether oxygens (including phenoxy) is 1. The highest BCUT2D eigenvalue weighted by molar-refractivity contribution is 9.10. The van der Waals surface area contributed by atoms with Crippen molar-refractivity contribution in [1.29, 1.82) is 0 Å². The smallest absolute Gasteiger partial charge is 0.341 e. The molecule has 0 unspecified atom stereocenters. The maximum absolute atomic E-state index is 12.6. The number of halogens is 1. The Morgan fingerprint density at radius 1 is 1.00 bits per heavy atom. The molecule has 3 aromatic carbocycles. The monoisotopic (exact) mass is 523 g/mol. The predicted molar refractivity (Wildman–Crippen MR) is 131 cm³/mol. The number of carboxylic acid groups (broad SMARTS) is 1. The molecule has 0 aliphatic rings. The average molecular weight is 524 g/mol. The van der Waals surface area contributed by atoms with Gasteiger partial charge in [-0.15, -0.1) is 0 Å². The summed E-state index contributed by atoms with van der Waals surface area (Å²) in [7, 11) is 0. The lowest BCUT2D eigenvalue weighted by Gasteiger charge is -2.18. The van der Waals surface area contributed by atoms with Crippen molar-refractivity contribution < 1.29 is 24.2 Å². The summed E-state index contributed by atoms with van der Waals surface area (Å²) in [6, 6.07) is 22.4. The van der Waals surface area contributed by atoms with E-state index in [2.05, 4.69) is 31.8 Å². The van der Waals surface area contributed by atoms with Gasteiger partial charge >= 0.3 is 5.97 Å². The largest absolute Gasteiger partial charge is 0.481 e. The van der Waals surface area contributed by atoms with Crippen molar-refractivity contribution in [2.45, 2.75) is 12.5 Å². The van der Waals surface area contributed by atoms with Crippen molar-refractivity contribution in [2.75, 3.05) is 6.61 Å². The summed E-state index contributed by atoms with van der Waals surface area (Å²) in [5, 5.41) is 15.6. The molecule has 0 heterocycles. The van der Waals surface area contributed by atoms with Gasteiger partial charge in [0.15, 0.2) is 6.61 Å². The van der Waals surface area contributed by atoms with Crippen LogP contribution < -0.4 is 15.5 Å². The van der Waals surface area contributed by atoms with E-state index in [-0.39, 0.29) is 18.2 Å². The van der Waals surface area contributed by atoms with Gasteiger partial charge in [-0.05, 0) is 57.4 Å². The minimum Gasteiger partial charge on any atom is -0.481 e. The Hall–Kier alpha value is -3.98. The van der Waals surface area contributed by atoms with E-state index in [0.717, 1.165) is 5.56 Å². The number of carbonyl (C=O) groups excluding carboxylic acids is 2. The van der Waals surface area contributed by atoms with Crippen molar-refractivity contribution in [2.24, 2.45) is 5.10 Å². The van der Waals surface area contributed by atoms with E-state index in [1.54, 1.807) is 42.5 Å². The second-order valence-electron chi connectivity index (χ2n) is 7.17. The van der Waals surface area contributed by atoms with Gasteiger partial charge in [0.1, 0.15) is 5.75 Å². The van der Waals surface area contributed by atoms with Crippen LogP contribution in [0.15, 0.2) is 88.4 Å². The summed E-state index contributed by atoms with van der Waals surface area (Å²) in [6.45, 7) is -0.453. The van der Waals surface area contributed by atoms with Gasteiger partial charge in [0.2, 0.25) is 5.91 Å². The first-order valence-electron chi connectivity index (χ1n) is 10.3. The number of hydrazone groups is 1. The van der Waals surface area contributed by atoms with Crippen LogP contribution in [0.1, 0.15) is 33.9 Å². The van der Waals surface area contributed by atoms with Crippen LogP contribution in [-0.2, 0) is 9.59 Å². The predicted octanol–water partition coefficient (Wildman–Crippen LogP) is 3.92. The molecule has 3 rings (SSSR count). The number of amides is 2. The third kappa shape index (κ3) is 7.56. The molecule has 2 amide bonds. The number of nitrogens with zero attached hydrogens (tertiary/aromatic N) is 1. The zero-order valence-corrected chi connectivity index (χ0v) is 19.6. The molecule has 1 atom stereocenters. The second kappa shape index (κ2) is 12.3. The zero-order chi connectivity index (χ0) is 24.3. The number of hydrogen-bond acceptors (Lipinski definition) is 5. The molecule has 0 fully saturated rings. The highest BCUT2D eigenvalue weighted by Crippen LogP contribution is 2.25. The highest BCUT2D eigenvalue weighted by atomic mass is 79.9. The summed E-state index contributed by atoms with van der Waals surface area (Å²) in [6.07, 6.45) is 1.44. The number of carboxylic acids is 1. The molecule has 174 valence electrons. The maximum Gasteiger partial charge on any atom is 0.341 e. The first-order valence-corrected chi connectivity index (χ1v) is 11.1. The SMILES string of the molecule is O=C(O)COc1ccc(/C=N\NC(=O)C[C@@H](NC(=O)c2ccccc2)c2ccccc2)cc1Br. The standard InChI is InChI=1S/C25H22BrN3O5/c26-20-13-17(11-12-22(20)34-16-24(31)32)15-27-29-23(30)14-21(18-7-3-1-4-8-18)28-25(33)19-9-5-2-6-10-19/h1-13,15,21H,14,16H2,(H,28,33)(H,29,30)(H,31,32)/b27-15-/t21-/m1/s1. The fraction of sp³-hybridized carbons (Fsp3) is 0.120. The number of nitrogens with one attached hydrogen (secondary N) is 2. The van der Waals surface area contributed by atoms with Gasteiger partial charge in [-0.25, -0.2) is 10.2 Å². The maximum atomic E-state index is 12.6. The molecule has 0 bridgehead atoms. The van der Waals surface area contributed by atoms with Crippen molar-refractivity contribution >= 4 is 39.9 Å². The number of benzene rings is 3. The van der Waals surface area contributed by atoms with Crippen LogP contribution in [0.5, 0.6) is 5.75 Å². The Kier molecular flexibility index (Phi) is 8.93. The van der Waals surface area contributed by atoms with Crippen LogP contribution in [0.2, 0.25) is 0 Å². The van der Waals surface area contributed by atoms with Crippen LogP contribution in [0, 0.1) is 0 Å². The van der Waals surface area contributed by atoms with E-state index >= 15 is 0 Å². The lowest BCUT2D eigenvalue weighted by Crippen LogP contribution is -2.32. The number of rotatable bonds is 10. The Balaban J connectivity index is 1.62. The molecule has 0 radical (unpaired) electrons. The summed E-state index contributed by atoms with van der Waals surface area (Å²) >= 11 is 3.31. The van der Waals surface area contributed by atoms with E-state index in [4.69, 9.17) is 9.84 Å². The summed E-state index contributed by atoms with van der Waals surface area (Å²) < 4.78 is 5.70. The number of carbonyl (C=O) groups is 3. The van der Waals surface area contributed by atoms with Crippen molar-refractivity contribution in [1.82, 2.24) is 10.7 Å². The highest BCUT2D eigenvalue weighted by Gasteiger charge is 2.19. The summed E-state index contributed by atoms with van der Waals surface area (Å²) in [4.78, 5) is 35.8. The van der Waals surface area contributed by atoms with Crippen LogP contribution >= 0.6 is 15.9 Å². The average Bonchev–Trinajstić information content (AvgIpc) is 2.84. The third-order valence-electron chi connectivity index (χ3n) is 4.64. The lowest BCUT2D eigenvalue weighted by molar-refractivity contribution is -0.139. The molecule has 0 saturated heterocycles. The fourth-order valence-corrected chi connectivity index (χ4v) is 3.54. The van der Waals surface area contributed by atoms with E-state index in [1.165, 1.54) is 6.21 Å². The summed E-state index contributed by atoms with van der Waals surface area (Å²) in [5.74, 6) is -1.35. The molecule has 0 spiro atoms. The molecule has 0 aliphatic heterocycles. The van der Waals surface area contributed by atoms with Crippen LogP contribution in [0.4, 0.5) is 0 Å². The van der Waals surface area contributed by atoms with E-state index in [9.17, 15) is 14.4 Å². The van der Waals surface area contributed by atoms with Crippen LogP contribution in [0.25, 0.3) is 0 Å². The molecule has 8 nitrogen and oxygen atoms in total. The quantitative estimate of drug-likeness (QED) is 0.275. The van der Waals surface area contributed by atoms with Gasteiger partial charge in [0.05, 0.1) is 23.1 Å². The molecule has 3 N–H and O–H groups in total. The van der Waals surface area contributed by atoms with Gasteiger partial charge in [0, 0.05) is 5.56 Å². The van der Waals surface area contributed by atoms with Crippen molar-refractivity contribution in [3.05, 3.63) is 100 Å². The van der Waals surface area contributed by atoms with Gasteiger partial charge in [-0.3, -0.25) is 9.59 Å². The Bertz CT molecular complexity index is 1170. The van der Waals surface area contributed by atoms with Crippen LogP contribution in [-0.4, -0.2) is 35.7 Å². The van der Waals surface area contributed by atoms with Gasteiger partial charge < -0.3 is 15.2 Å². The van der Waals surface area contributed by atoms with Crippen molar-refractivity contribution in [3.8, 4) is 5.75 Å². The first-order chi connectivity index (χ1) is 16.4. The van der Waals surface area contributed by atoms with Gasteiger partial charge in [-0.1, -0.05) is 48.5 Å². The fourth-order valence-electron chi connectivity index (χ4n) is 3.03. The summed E-state index contributed by atoms with van der Waals surface area (Å²) in [5.41, 5.74) is 4.43. The minimum atomic E-state index is -1.07. The van der Waals surface area contributed by atoms with Crippen molar-refractivity contribution in [3.63, 3.8) is 0 Å². The molecular weight excluding hydrogens is 502 g/mol. The molecule has 9 heteroatoms. The van der Waals surface area contributed by atoms with E-state index in [0.29, 0.717) is 21.3 Å². The number of hydrogen-bond donors (Lipinski definition) is 3. The molecular formula is C25H22BrN3O5. The molecule has 0 aromatic heterocycles. The third-order valence-corrected chi connectivity index (χ3v) is 5.26. The zero-order valence-electron chi connectivity index (χ0n) is 18.0. The topological polar surface area (TPSA) is 117 Å². The molecule has 0 aliphatic carbocycles. The molecule has 34 heavy (non-hydrogen) atoms.